The van der Waals surface area contributed by atoms with Crippen molar-refractivity contribution < 1.29 is 17.9 Å². The number of nitrogens with one attached hydrogen (secondary N) is 1. The molecule has 0 bridgehead atoms. The molecule has 17 heavy (non-hydrogen) atoms. The van der Waals surface area contributed by atoms with Crippen molar-refractivity contribution in [1.29, 1.82) is 0 Å². The standard InChI is InChI=1S/C9H19N3O4S/c1-3-16-9(13)11-17(14,15)12-6-8(5-10)4-7(12)2/h7-8H,3-6,10H2,1-2H3,(H,11,13). The van der Waals surface area contributed by atoms with Crippen molar-refractivity contribution in [3.8, 4) is 0 Å². The Labute approximate surface area is 101 Å². The molecular formula is C9H19N3O4S. The van der Waals surface area contributed by atoms with Crippen molar-refractivity contribution in [2.24, 2.45) is 11.7 Å². The Hall–Kier alpha value is -0.860. The lowest BCUT2D eigenvalue weighted by Crippen LogP contribution is -2.45. The molecule has 1 aliphatic rings. The lowest BCUT2D eigenvalue weighted by molar-refractivity contribution is 0.158. The number of rotatable bonds is 4. The van der Waals surface area contributed by atoms with Crippen molar-refractivity contribution in [3.05, 3.63) is 0 Å². The maximum absolute atomic E-state index is 11.9. The quantitative estimate of drug-likeness (QED) is 0.723. The van der Waals surface area contributed by atoms with E-state index in [1.54, 1.807) is 13.8 Å². The first-order valence-electron chi connectivity index (χ1n) is 5.57. The van der Waals surface area contributed by atoms with Crippen LogP contribution < -0.4 is 10.5 Å². The van der Waals surface area contributed by atoms with E-state index in [9.17, 15) is 13.2 Å². The molecular weight excluding hydrogens is 246 g/mol. The smallest absolute Gasteiger partial charge is 0.421 e. The second-order valence-corrected chi connectivity index (χ2v) is 5.71. The van der Waals surface area contributed by atoms with Gasteiger partial charge in [0, 0.05) is 12.6 Å². The normalized spacial score (nSPS) is 25.8. The Morgan fingerprint density at radius 3 is 2.71 bits per heavy atom. The van der Waals surface area contributed by atoms with Gasteiger partial charge >= 0.3 is 16.3 Å². The molecule has 0 saturated carbocycles. The highest BCUT2D eigenvalue weighted by Crippen LogP contribution is 2.24. The van der Waals surface area contributed by atoms with Gasteiger partial charge in [0.15, 0.2) is 0 Å². The third-order valence-electron chi connectivity index (χ3n) is 2.73. The number of nitrogens with zero attached hydrogens (tertiary/aromatic N) is 1. The van der Waals surface area contributed by atoms with E-state index < -0.39 is 16.3 Å². The van der Waals surface area contributed by atoms with Gasteiger partial charge in [-0.3, -0.25) is 0 Å². The van der Waals surface area contributed by atoms with Gasteiger partial charge in [0.2, 0.25) is 0 Å². The number of nitrogens with two attached hydrogens (primary N) is 1. The average molecular weight is 265 g/mol. The van der Waals surface area contributed by atoms with E-state index in [1.165, 1.54) is 4.31 Å². The van der Waals surface area contributed by atoms with Gasteiger partial charge in [-0.1, -0.05) is 0 Å². The van der Waals surface area contributed by atoms with Gasteiger partial charge in [0.1, 0.15) is 0 Å². The minimum absolute atomic E-state index is 0.127. The highest BCUT2D eigenvalue weighted by molar-refractivity contribution is 7.87. The van der Waals surface area contributed by atoms with Gasteiger partial charge in [-0.15, -0.1) is 0 Å². The van der Waals surface area contributed by atoms with Crippen LogP contribution in [0.15, 0.2) is 0 Å². The van der Waals surface area contributed by atoms with Crippen LogP contribution in [0, 0.1) is 5.92 Å². The second kappa shape index (κ2) is 5.65. The van der Waals surface area contributed by atoms with Crippen LogP contribution in [-0.4, -0.2) is 44.6 Å². The molecule has 0 aromatic rings. The van der Waals surface area contributed by atoms with Crippen LogP contribution in [0.25, 0.3) is 0 Å². The van der Waals surface area contributed by atoms with Crippen molar-refractivity contribution >= 4 is 16.3 Å². The monoisotopic (exact) mass is 265 g/mol. The largest absolute Gasteiger partial charge is 0.449 e. The summed E-state index contributed by atoms with van der Waals surface area (Å²) in [6, 6.07) is -0.157. The molecule has 100 valence electrons. The molecule has 0 spiro atoms. The molecule has 0 radical (unpaired) electrons. The summed E-state index contributed by atoms with van der Waals surface area (Å²) in [6.45, 7) is 4.31. The minimum atomic E-state index is -3.82. The number of amides is 1. The Morgan fingerprint density at radius 1 is 1.59 bits per heavy atom. The molecule has 0 aromatic carbocycles. The fourth-order valence-electron chi connectivity index (χ4n) is 1.94. The molecule has 0 aromatic heterocycles. The van der Waals surface area contributed by atoms with E-state index in [0.717, 1.165) is 0 Å². The topological polar surface area (TPSA) is 102 Å². The number of hydrogen-bond acceptors (Lipinski definition) is 5. The zero-order valence-electron chi connectivity index (χ0n) is 10.0. The number of ether oxygens (including phenoxy) is 1. The molecule has 3 N–H and O–H groups in total. The molecule has 7 nitrogen and oxygen atoms in total. The first-order chi connectivity index (χ1) is 7.90. The molecule has 2 atom stereocenters. The summed E-state index contributed by atoms with van der Waals surface area (Å²) in [5, 5.41) is 0. The molecule has 1 heterocycles. The average Bonchev–Trinajstić information content (AvgIpc) is 2.60. The third-order valence-corrected chi connectivity index (χ3v) is 4.29. The molecule has 1 rings (SSSR count). The maximum Gasteiger partial charge on any atom is 0.421 e. The third kappa shape index (κ3) is 3.55. The highest BCUT2D eigenvalue weighted by Gasteiger charge is 2.37. The van der Waals surface area contributed by atoms with Gasteiger partial charge in [0.25, 0.3) is 0 Å². The molecule has 1 amide bonds. The Bertz CT molecular complexity index is 370. The van der Waals surface area contributed by atoms with Gasteiger partial charge in [0.05, 0.1) is 6.61 Å². The number of hydrogen-bond donors (Lipinski definition) is 2. The lowest BCUT2D eigenvalue weighted by atomic mass is 10.1. The van der Waals surface area contributed by atoms with Crippen molar-refractivity contribution in [2.75, 3.05) is 19.7 Å². The van der Waals surface area contributed by atoms with Crippen LogP contribution in [0.4, 0.5) is 4.79 Å². The summed E-state index contributed by atoms with van der Waals surface area (Å²) in [7, 11) is -3.82. The second-order valence-electron chi connectivity index (χ2n) is 4.08. The fourth-order valence-corrected chi connectivity index (χ4v) is 3.29. The van der Waals surface area contributed by atoms with Crippen LogP contribution in [0.2, 0.25) is 0 Å². The van der Waals surface area contributed by atoms with Gasteiger partial charge in [-0.2, -0.15) is 12.7 Å². The van der Waals surface area contributed by atoms with Crippen LogP contribution in [-0.2, 0) is 14.9 Å². The summed E-state index contributed by atoms with van der Waals surface area (Å²) >= 11 is 0. The zero-order chi connectivity index (χ0) is 13.1. The van der Waals surface area contributed by atoms with Crippen LogP contribution in [0.3, 0.4) is 0 Å². The SMILES string of the molecule is CCOC(=O)NS(=O)(=O)N1CC(CN)CC1C. The molecule has 1 fully saturated rings. The van der Waals surface area contributed by atoms with E-state index in [-0.39, 0.29) is 18.6 Å². The zero-order valence-corrected chi connectivity index (χ0v) is 10.9. The van der Waals surface area contributed by atoms with E-state index in [0.29, 0.717) is 19.5 Å². The van der Waals surface area contributed by atoms with E-state index in [4.69, 9.17) is 5.73 Å². The lowest BCUT2D eigenvalue weighted by Gasteiger charge is -2.20. The highest BCUT2D eigenvalue weighted by atomic mass is 32.2. The van der Waals surface area contributed by atoms with Crippen LogP contribution in [0.1, 0.15) is 20.3 Å². The predicted octanol–water partition coefficient (Wildman–Crippen LogP) is -0.354. The van der Waals surface area contributed by atoms with Gasteiger partial charge in [-0.05, 0) is 32.7 Å². The molecule has 1 aliphatic heterocycles. The fraction of sp³-hybridized carbons (Fsp3) is 0.889. The number of carbonyl (C=O) groups excluding carboxylic acids is 1. The van der Waals surface area contributed by atoms with E-state index >= 15 is 0 Å². The number of carbonyl (C=O) groups is 1. The summed E-state index contributed by atoms with van der Waals surface area (Å²) < 4.78 is 31.4. The van der Waals surface area contributed by atoms with Crippen molar-refractivity contribution in [3.63, 3.8) is 0 Å². The summed E-state index contributed by atoms with van der Waals surface area (Å²) in [5.41, 5.74) is 5.52. The summed E-state index contributed by atoms with van der Waals surface area (Å²) in [5.74, 6) is 0.142. The molecule has 1 saturated heterocycles. The van der Waals surface area contributed by atoms with Gasteiger partial charge in [-0.25, -0.2) is 9.52 Å². The van der Waals surface area contributed by atoms with E-state index in [2.05, 4.69) is 4.74 Å². The van der Waals surface area contributed by atoms with Crippen LogP contribution >= 0.6 is 0 Å². The maximum atomic E-state index is 11.9. The first kappa shape index (κ1) is 14.2. The van der Waals surface area contributed by atoms with Crippen molar-refractivity contribution in [2.45, 2.75) is 26.3 Å². The van der Waals surface area contributed by atoms with E-state index in [1.807, 2.05) is 4.72 Å². The minimum Gasteiger partial charge on any atom is -0.449 e. The predicted molar refractivity (Wildman–Crippen MR) is 62.4 cm³/mol. The summed E-state index contributed by atoms with van der Waals surface area (Å²) in [4.78, 5) is 11.1. The first-order valence-corrected chi connectivity index (χ1v) is 7.01. The molecule has 0 aliphatic carbocycles. The van der Waals surface area contributed by atoms with Crippen molar-refractivity contribution in [1.82, 2.24) is 9.03 Å². The Morgan fingerprint density at radius 2 is 2.24 bits per heavy atom. The Balaban J connectivity index is 2.68. The summed E-state index contributed by atoms with van der Waals surface area (Å²) in [6.07, 6.45) is -0.240. The molecule has 2 unspecified atom stereocenters. The van der Waals surface area contributed by atoms with Gasteiger partial charge < -0.3 is 10.5 Å². The molecule has 8 heteroatoms. The Kier molecular flexibility index (Phi) is 4.72. The van der Waals surface area contributed by atoms with Crippen LogP contribution in [0.5, 0.6) is 0 Å².